The van der Waals surface area contributed by atoms with Gasteiger partial charge in [0.25, 0.3) is 0 Å². The molecule has 94 valence electrons. The van der Waals surface area contributed by atoms with E-state index in [2.05, 4.69) is 45.0 Å². The van der Waals surface area contributed by atoms with Gasteiger partial charge in [0.2, 0.25) is 0 Å². The van der Waals surface area contributed by atoms with Crippen LogP contribution in [0.25, 0.3) is 11.1 Å². The molecule has 1 N–H and O–H groups in total. The molecule has 0 atom stereocenters. The van der Waals surface area contributed by atoms with Gasteiger partial charge in [-0.05, 0) is 40.3 Å². The fourth-order valence-electron chi connectivity index (χ4n) is 1.90. The average molecular weight is 261 g/mol. The van der Waals surface area contributed by atoms with Gasteiger partial charge < -0.3 is 5.11 Å². The summed E-state index contributed by atoms with van der Waals surface area (Å²) >= 11 is 5.94. The third kappa shape index (κ3) is 2.85. The predicted molar refractivity (Wildman–Crippen MR) is 77.3 cm³/mol. The number of phenolic OH excluding ortho intramolecular Hbond substituents is 1. The molecule has 0 aromatic heterocycles. The molecule has 0 aliphatic carbocycles. The summed E-state index contributed by atoms with van der Waals surface area (Å²) in [6.45, 7) is 6.56. The van der Waals surface area contributed by atoms with Gasteiger partial charge in [0, 0.05) is 5.02 Å². The van der Waals surface area contributed by atoms with Gasteiger partial charge >= 0.3 is 0 Å². The molecule has 2 aromatic rings. The van der Waals surface area contributed by atoms with Gasteiger partial charge in [-0.25, -0.2) is 0 Å². The van der Waals surface area contributed by atoms with Crippen molar-refractivity contribution in [1.29, 1.82) is 0 Å². The van der Waals surface area contributed by atoms with Crippen LogP contribution in [0, 0.1) is 0 Å². The Morgan fingerprint density at radius 3 is 2.00 bits per heavy atom. The maximum absolute atomic E-state index is 9.55. The molecule has 0 heterocycles. The Labute approximate surface area is 113 Å². The maximum Gasteiger partial charge on any atom is 0.117 e. The molecule has 0 aliphatic rings. The van der Waals surface area contributed by atoms with Crippen LogP contribution in [0.2, 0.25) is 5.02 Å². The van der Waals surface area contributed by atoms with Crippen molar-refractivity contribution in [3.05, 3.63) is 53.1 Å². The molecule has 0 radical (unpaired) electrons. The first-order chi connectivity index (χ1) is 8.36. The molecule has 0 unspecified atom stereocenters. The first-order valence-electron chi connectivity index (χ1n) is 5.97. The topological polar surface area (TPSA) is 20.2 Å². The number of rotatable bonds is 1. The molecule has 1 nitrogen and oxygen atoms in total. The van der Waals surface area contributed by atoms with Gasteiger partial charge in [0.1, 0.15) is 5.75 Å². The minimum Gasteiger partial charge on any atom is -0.508 e. The Hall–Kier alpha value is -1.47. The summed E-state index contributed by atoms with van der Waals surface area (Å²) in [4.78, 5) is 0. The van der Waals surface area contributed by atoms with Crippen LogP contribution in [-0.4, -0.2) is 5.11 Å². The predicted octanol–water partition coefficient (Wildman–Crippen LogP) is 5.01. The fraction of sp³-hybridized carbons (Fsp3) is 0.250. The highest BCUT2D eigenvalue weighted by atomic mass is 35.5. The second kappa shape index (κ2) is 4.66. The van der Waals surface area contributed by atoms with E-state index in [1.807, 2.05) is 6.07 Å². The molecule has 0 amide bonds. The highest BCUT2D eigenvalue weighted by molar-refractivity contribution is 6.31. The summed E-state index contributed by atoms with van der Waals surface area (Å²) in [7, 11) is 0. The number of hydrogen-bond donors (Lipinski definition) is 1. The van der Waals surface area contributed by atoms with Crippen molar-refractivity contribution in [1.82, 2.24) is 0 Å². The van der Waals surface area contributed by atoms with E-state index in [9.17, 15) is 5.11 Å². The zero-order chi connectivity index (χ0) is 13.3. The van der Waals surface area contributed by atoms with E-state index < -0.39 is 0 Å². The molecule has 0 spiro atoms. The highest BCUT2D eigenvalue weighted by Gasteiger charge is 2.13. The zero-order valence-electron chi connectivity index (χ0n) is 10.9. The Bertz CT molecular complexity index is 530. The smallest absolute Gasteiger partial charge is 0.117 e. The van der Waals surface area contributed by atoms with E-state index in [0.29, 0.717) is 5.02 Å². The van der Waals surface area contributed by atoms with Crippen LogP contribution in [0.5, 0.6) is 5.75 Å². The highest BCUT2D eigenvalue weighted by Crippen LogP contribution is 2.30. The quantitative estimate of drug-likeness (QED) is 0.764. The number of phenols is 1. The molecular formula is C16H17ClO. The minimum absolute atomic E-state index is 0.148. The molecule has 18 heavy (non-hydrogen) atoms. The SMILES string of the molecule is CC(C)(C)c1ccc(-c2cc(O)cc(Cl)c2)cc1. The second-order valence-corrected chi connectivity index (χ2v) is 5.96. The summed E-state index contributed by atoms with van der Waals surface area (Å²) in [5.41, 5.74) is 3.42. The van der Waals surface area contributed by atoms with Crippen molar-refractivity contribution in [2.75, 3.05) is 0 Å². The lowest BCUT2D eigenvalue weighted by Crippen LogP contribution is -2.10. The van der Waals surface area contributed by atoms with Gasteiger partial charge in [0.15, 0.2) is 0 Å². The van der Waals surface area contributed by atoms with Gasteiger partial charge in [-0.1, -0.05) is 56.6 Å². The van der Waals surface area contributed by atoms with E-state index in [4.69, 9.17) is 11.6 Å². The molecule has 2 heteroatoms. The summed E-state index contributed by atoms with van der Waals surface area (Å²) in [6, 6.07) is 13.5. The minimum atomic E-state index is 0.148. The van der Waals surface area contributed by atoms with Crippen molar-refractivity contribution in [2.24, 2.45) is 0 Å². The van der Waals surface area contributed by atoms with Gasteiger partial charge in [-0.3, -0.25) is 0 Å². The number of benzene rings is 2. The van der Waals surface area contributed by atoms with Crippen molar-refractivity contribution in [3.63, 3.8) is 0 Å². The lowest BCUT2D eigenvalue weighted by atomic mass is 9.86. The number of aromatic hydroxyl groups is 1. The number of hydrogen-bond acceptors (Lipinski definition) is 1. The van der Waals surface area contributed by atoms with Crippen LogP contribution >= 0.6 is 11.6 Å². The molecule has 0 saturated heterocycles. The van der Waals surface area contributed by atoms with E-state index in [0.717, 1.165) is 11.1 Å². The van der Waals surface area contributed by atoms with Crippen molar-refractivity contribution in [3.8, 4) is 16.9 Å². The largest absolute Gasteiger partial charge is 0.508 e. The molecule has 0 fully saturated rings. The molecule has 2 rings (SSSR count). The second-order valence-electron chi connectivity index (χ2n) is 5.53. The maximum atomic E-state index is 9.55. The Balaban J connectivity index is 2.40. The summed E-state index contributed by atoms with van der Waals surface area (Å²) in [6.07, 6.45) is 0. The van der Waals surface area contributed by atoms with E-state index in [-0.39, 0.29) is 11.2 Å². The molecule has 2 aromatic carbocycles. The van der Waals surface area contributed by atoms with Gasteiger partial charge in [-0.15, -0.1) is 0 Å². The molecule has 0 bridgehead atoms. The summed E-state index contributed by atoms with van der Waals surface area (Å²) < 4.78 is 0. The van der Waals surface area contributed by atoms with E-state index in [1.165, 1.54) is 11.6 Å². The van der Waals surface area contributed by atoms with Crippen LogP contribution in [0.15, 0.2) is 42.5 Å². The summed E-state index contributed by atoms with van der Waals surface area (Å²) in [5, 5.41) is 10.1. The van der Waals surface area contributed by atoms with Crippen LogP contribution in [0.4, 0.5) is 0 Å². The number of halogens is 1. The van der Waals surface area contributed by atoms with E-state index in [1.54, 1.807) is 6.07 Å². The standard InChI is InChI=1S/C16H17ClO/c1-16(2,3)13-6-4-11(5-7-13)12-8-14(17)10-15(18)9-12/h4-10,18H,1-3H3. The molecule has 0 saturated carbocycles. The van der Waals surface area contributed by atoms with Gasteiger partial charge in [-0.2, -0.15) is 0 Å². The average Bonchev–Trinajstić information content (AvgIpc) is 2.27. The summed E-state index contributed by atoms with van der Waals surface area (Å²) in [5.74, 6) is 0.192. The van der Waals surface area contributed by atoms with Gasteiger partial charge in [0.05, 0.1) is 0 Å². The van der Waals surface area contributed by atoms with Crippen LogP contribution < -0.4 is 0 Å². The monoisotopic (exact) mass is 260 g/mol. The Morgan fingerprint density at radius 1 is 0.889 bits per heavy atom. The van der Waals surface area contributed by atoms with Crippen LogP contribution in [0.1, 0.15) is 26.3 Å². The normalized spacial score (nSPS) is 11.6. The molecule has 0 aliphatic heterocycles. The zero-order valence-corrected chi connectivity index (χ0v) is 11.6. The fourth-order valence-corrected chi connectivity index (χ4v) is 2.13. The van der Waals surface area contributed by atoms with Crippen molar-refractivity contribution >= 4 is 11.6 Å². The Morgan fingerprint density at radius 2 is 1.50 bits per heavy atom. The van der Waals surface area contributed by atoms with Crippen molar-refractivity contribution < 1.29 is 5.11 Å². The first kappa shape index (κ1) is 13.0. The molecular weight excluding hydrogens is 244 g/mol. The van der Waals surface area contributed by atoms with E-state index >= 15 is 0 Å². The van der Waals surface area contributed by atoms with Crippen LogP contribution in [0.3, 0.4) is 0 Å². The lowest BCUT2D eigenvalue weighted by Gasteiger charge is -2.19. The van der Waals surface area contributed by atoms with Crippen LogP contribution in [-0.2, 0) is 5.41 Å². The van der Waals surface area contributed by atoms with Crippen molar-refractivity contribution in [2.45, 2.75) is 26.2 Å². The Kier molecular flexibility index (Phi) is 3.36. The lowest BCUT2D eigenvalue weighted by molar-refractivity contribution is 0.475. The third-order valence-corrected chi connectivity index (χ3v) is 3.19. The first-order valence-corrected chi connectivity index (χ1v) is 6.34. The third-order valence-electron chi connectivity index (χ3n) is 2.97.